The second kappa shape index (κ2) is 4.03. The Morgan fingerprint density at radius 2 is 1.92 bits per heavy atom. The molecule has 0 bridgehead atoms. The average Bonchev–Trinajstić information content (AvgIpc) is 2.17. The van der Waals surface area contributed by atoms with Crippen LogP contribution in [0.25, 0.3) is 0 Å². The van der Waals surface area contributed by atoms with E-state index in [1.54, 1.807) is 31.2 Å². The molecule has 0 saturated heterocycles. The van der Waals surface area contributed by atoms with Crippen molar-refractivity contribution in [1.82, 2.24) is 0 Å². The zero-order valence-corrected chi connectivity index (χ0v) is 7.27. The van der Waals surface area contributed by atoms with Crippen LogP contribution >= 0.6 is 0 Å². The summed E-state index contributed by atoms with van der Waals surface area (Å²) in [6.45, 7) is 1.56. The van der Waals surface area contributed by atoms with Crippen molar-refractivity contribution in [2.24, 2.45) is 0 Å². The van der Waals surface area contributed by atoms with Crippen molar-refractivity contribution in [1.29, 1.82) is 0 Å². The highest BCUT2D eigenvalue weighted by atomic mass is 19.1. The molecule has 2 atom stereocenters. The Morgan fingerprint density at radius 3 is 2.38 bits per heavy atom. The van der Waals surface area contributed by atoms with E-state index in [0.717, 1.165) is 0 Å². The standard InChI is InChI=1S/C10H11FO2/c1-7(9(11)10(12)13)8-5-3-2-4-6-8/h2-7,9H,1H3,(H,12,13). The summed E-state index contributed by atoms with van der Waals surface area (Å²) in [5.41, 5.74) is 0.706. The molecule has 0 aromatic heterocycles. The number of halogens is 1. The van der Waals surface area contributed by atoms with Crippen LogP contribution in [0, 0.1) is 0 Å². The zero-order chi connectivity index (χ0) is 9.84. The third-order valence-corrected chi connectivity index (χ3v) is 2.00. The SMILES string of the molecule is CC(c1ccccc1)C(F)C(=O)O. The molecule has 0 radical (unpaired) electrons. The molecule has 70 valence electrons. The Bertz CT molecular complexity index is 284. The molecule has 2 nitrogen and oxygen atoms in total. The first-order valence-electron chi connectivity index (χ1n) is 4.04. The second-order valence-corrected chi connectivity index (χ2v) is 2.94. The lowest BCUT2D eigenvalue weighted by molar-refractivity contribution is -0.143. The number of hydrogen-bond donors (Lipinski definition) is 1. The van der Waals surface area contributed by atoms with Gasteiger partial charge in [-0.2, -0.15) is 0 Å². The fraction of sp³-hybridized carbons (Fsp3) is 0.300. The van der Waals surface area contributed by atoms with Gasteiger partial charge in [-0.3, -0.25) is 0 Å². The molecule has 13 heavy (non-hydrogen) atoms. The summed E-state index contributed by atoms with van der Waals surface area (Å²) in [7, 11) is 0. The molecule has 0 heterocycles. The molecule has 1 N–H and O–H groups in total. The van der Waals surface area contributed by atoms with Gasteiger partial charge in [-0.05, 0) is 5.56 Å². The first kappa shape index (κ1) is 9.71. The van der Waals surface area contributed by atoms with Crippen molar-refractivity contribution in [2.45, 2.75) is 19.0 Å². The van der Waals surface area contributed by atoms with E-state index in [1.807, 2.05) is 6.07 Å². The zero-order valence-electron chi connectivity index (χ0n) is 7.27. The summed E-state index contributed by atoms with van der Waals surface area (Å²) in [5, 5.41) is 8.44. The summed E-state index contributed by atoms with van der Waals surface area (Å²) < 4.78 is 13.0. The van der Waals surface area contributed by atoms with Crippen molar-refractivity contribution >= 4 is 5.97 Å². The Labute approximate surface area is 76.0 Å². The number of carboxylic acid groups (broad SMARTS) is 1. The Morgan fingerprint density at radius 1 is 1.38 bits per heavy atom. The van der Waals surface area contributed by atoms with Crippen LogP contribution < -0.4 is 0 Å². The molecule has 0 aliphatic carbocycles. The van der Waals surface area contributed by atoms with Crippen LogP contribution in [-0.4, -0.2) is 17.2 Å². The lowest BCUT2D eigenvalue weighted by Crippen LogP contribution is -2.21. The third-order valence-electron chi connectivity index (χ3n) is 2.00. The van der Waals surface area contributed by atoms with Crippen LogP contribution in [0.4, 0.5) is 4.39 Å². The number of carboxylic acids is 1. The van der Waals surface area contributed by atoms with Gasteiger partial charge in [-0.1, -0.05) is 37.3 Å². The maximum absolute atomic E-state index is 13.0. The quantitative estimate of drug-likeness (QED) is 0.778. The third kappa shape index (κ3) is 2.28. The summed E-state index contributed by atoms with van der Waals surface area (Å²) in [5.74, 6) is -2.00. The van der Waals surface area contributed by atoms with Gasteiger partial charge in [0.05, 0.1) is 0 Å². The van der Waals surface area contributed by atoms with Gasteiger partial charge in [0.25, 0.3) is 0 Å². The number of aliphatic carboxylic acids is 1. The van der Waals surface area contributed by atoms with E-state index >= 15 is 0 Å². The molecule has 0 fully saturated rings. The van der Waals surface area contributed by atoms with Gasteiger partial charge in [-0.25, -0.2) is 9.18 Å². The van der Waals surface area contributed by atoms with Crippen molar-refractivity contribution in [2.75, 3.05) is 0 Å². The van der Waals surface area contributed by atoms with Crippen LogP contribution in [0.15, 0.2) is 30.3 Å². The molecular weight excluding hydrogens is 171 g/mol. The molecular formula is C10H11FO2. The first-order chi connectivity index (χ1) is 6.13. The largest absolute Gasteiger partial charge is 0.479 e. The minimum atomic E-state index is -1.83. The van der Waals surface area contributed by atoms with E-state index in [9.17, 15) is 9.18 Å². The Balaban J connectivity index is 2.79. The molecule has 0 amide bonds. The van der Waals surface area contributed by atoms with Gasteiger partial charge in [0.15, 0.2) is 0 Å². The molecule has 0 spiro atoms. The highest BCUT2D eigenvalue weighted by Gasteiger charge is 2.24. The fourth-order valence-electron chi connectivity index (χ4n) is 1.14. The van der Waals surface area contributed by atoms with Crippen LogP contribution in [-0.2, 0) is 4.79 Å². The smallest absolute Gasteiger partial charge is 0.338 e. The number of rotatable bonds is 3. The Hall–Kier alpha value is -1.38. The maximum atomic E-state index is 13.0. The normalized spacial score (nSPS) is 14.9. The van der Waals surface area contributed by atoms with E-state index < -0.39 is 18.1 Å². The summed E-state index contributed by atoms with van der Waals surface area (Å²) in [6, 6.07) is 8.78. The Kier molecular flexibility index (Phi) is 3.01. The predicted molar refractivity (Wildman–Crippen MR) is 47.4 cm³/mol. The second-order valence-electron chi connectivity index (χ2n) is 2.94. The van der Waals surface area contributed by atoms with Gasteiger partial charge >= 0.3 is 5.97 Å². The van der Waals surface area contributed by atoms with Crippen LogP contribution in [0.3, 0.4) is 0 Å². The number of carbonyl (C=O) groups is 1. The minimum Gasteiger partial charge on any atom is -0.479 e. The van der Waals surface area contributed by atoms with Crippen LogP contribution in [0.2, 0.25) is 0 Å². The summed E-state index contributed by atoms with van der Waals surface area (Å²) in [4.78, 5) is 10.3. The van der Waals surface area contributed by atoms with Gasteiger partial charge in [-0.15, -0.1) is 0 Å². The predicted octanol–water partition coefficient (Wildman–Crippen LogP) is 2.21. The van der Waals surface area contributed by atoms with Gasteiger partial charge in [0.2, 0.25) is 6.17 Å². The van der Waals surface area contributed by atoms with E-state index in [0.29, 0.717) is 5.56 Å². The molecule has 0 aliphatic rings. The first-order valence-corrected chi connectivity index (χ1v) is 4.04. The molecule has 3 heteroatoms. The number of alkyl halides is 1. The van der Waals surface area contributed by atoms with Gasteiger partial charge < -0.3 is 5.11 Å². The van der Waals surface area contributed by atoms with Gasteiger partial charge in [0.1, 0.15) is 0 Å². The minimum absolute atomic E-state index is 0.598. The van der Waals surface area contributed by atoms with E-state index in [1.165, 1.54) is 0 Å². The summed E-state index contributed by atoms with van der Waals surface area (Å²) in [6.07, 6.45) is -1.83. The number of hydrogen-bond acceptors (Lipinski definition) is 1. The highest BCUT2D eigenvalue weighted by molar-refractivity contribution is 5.73. The van der Waals surface area contributed by atoms with Crippen LogP contribution in [0.5, 0.6) is 0 Å². The van der Waals surface area contributed by atoms with Gasteiger partial charge in [0, 0.05) is 5.92 Å². The molecule has 1 aromatic carbocycles. The molecule has 1 aromatic rings. The number of benzene rings is 1. The fourth-order valence-corrected chi connectivity index (χ4v) is 1.14. The highest BCUT2D eigenvalue weighted by Crippen LogP contribution is 2.21. The molecule has 0 saturated carbocycles. The summed E-state index contributed by atoms with van der Waals surface area (Å²) >= 11 is 0. The van der Waals surface area contributed by atoms with Crippen molar-refractivity contribution in [3.63, 3.8) is 0 Å². The van der Waals surface area contributed by atoms with E-state index in [4.69, 9.17) is 5.11 Å². The lowest BCUT2D eigenvalue weighted by atomic mass is 9.96. The van der Waals surface area contributed by atoms with Crippen molar-refractivity contribution in [3.8, 4) is 0 Å². The molecule has 0 aliphatic heterocycles. The molecule has 2 unspecified atom stereocenters. The van der Waals surface area contributed by atoms with E-state index in [-0.39, 0.29) is 0 Å². The monoisotopic (exact) mass is 182 g/mol. The van der Waals surface area contributed by atoms with E-state index in [2.05, 4.69) is 0 Å². The lowest BCUT2D eigenvalue weighted by Gasteiger charge is -2.12. The van der Waals surface area contributed by atoms with Crippen molar-refractivity contribution in [3.05, 3.63) is 35.9 Å². The average molecular weight is 182 g/mol. The topological polar surface area (TPSA) is 37.3 Å². The van der Waals surface area contributed by atoms with Crippen LogP contribution in [0.1, 0.15) is 18.4 Å². The van der Waals surface area contributed by atoms with Crippen molar-refractivity contribution < 1.29 is 14.3 Å². The molecule has 1 rings (SSSR count). The maximum Gasteiger partial charge on any atom is 0.338 e.